The summed E-state index contributed by atoms with van der Waals surface area (Å²) < 4.78 is 8.62. The Labute approximate surface area is 286 Å². The molecule has 0 aliphatic heterocycles. The molecule has 0 saturated carbocycles. The Hall–Kier alpha value is -7.03. The van der Waals surface area contributed by atoms with Gasteiger partial charge in [-0.25, -0.2) is 9.97 Å². The van der Waals surface area contributed by atoms with Crippen LogP contribution in [0.25, 0.3) is 94.1 Å². The van der Waals surface area contributed by atoms with Crippen molar-refractivity contribution in [3.8, 4) is 45.7 Å². The molecule has 232 valence electrons. The monoisotopic (exact) mass is 638 g/mol. The minimum absolute atomic E-state index is 0.436. The highest BCUT2D eigenvalue weighted by molar-refractivity contribution is 6.17. The first-order valence-corrected chi connectivity index (χ1v) is 16.6. The van der Waals surface area contributed by atoms with E-state index in [1.165, 1.54) is 0 Å². The van der Waals surface area contributed by atoms with E-state index in [1.807, 2.05) is 72.8 Å². The van der Waals surface area contributed by atoms with Crippen molar-refractivity contribution in [2.75, 3.05) is 0 Å². The fraction of sp³-hybridized carbons (Fsp3) is 0. The van der Waals surface area contributed by atoms with Gasteiger partial charge in [-0.1, -0.05) is 115 Å². The zero-order valence-electron chi connectivity index (χ0n) is 26.7. The molecule has 0 saturated heterocycles. The predicted octanol–water partition coefficient (Wildman–Crippen LogP) is 11.5. The first kappa shape index (κ1) is 28.0. The van der Waals surface area contributed by atoms with Gasteiger partial charge >= 0.3 is 0 Å². The lowest BCUT2D eigenvalue weighted by molar-refractivity contribution is 0.669. The van der Waals surface area contributed by atoms with Gasteiger partial charge in [-0.15, -0.1) is 0 Å². The molecular weight excluding hydrogens is 613 g/mol. The van der Waals surface area contributed by atoms with Crippen molar-refractivity contribution in [3.63, 3.8) is 0 Å². The van der Waals surface area contributed by atoms with Crippen LogP contribution in [0.3, 0.4) is 0 Å². The third-order valence-electron chi connectivity index (χ3n) is 9.63. The van der Waals surface area contributed by atoms with E-state index in [4.69, 9.17) is 14.4 Å². The van der Waals surface area contributed by atoms with Gasteiger partial charge < -0.3 is 8.98 Å². The predicted molar refractivity (Wildman–Crippen MR) is 202 cm³/mol. The van der Waals surface area contributed by atoms with Crippen LogP contribution >= 0.6 is 0 Å². The number of hydrogen-bond acceptors (Lipinski definition) is 4. The van der Waals surface area contributed by atoms with Gasteiger partial charge in [0.2, 0.25) is 0 Å². The minimum atomic E-state index is 0.436. The topological polar surface area (TPSA) is 67.6 Å². The molecule has 0 unspecified atom stereocenters. The van der Waals surface area contributed by atoms with Crippen molar-refractivity contribution in [2.45, 2.75) is 0 Å². The molecule has 0 amide bonds. The van der Waals surface area contributed by atoms with E-state index in [1.54, 1.807) is 0 Å². The number of hydrogen-bond donors (Lipinski definition) is 0. The van der Waals surface area contributed by atoms with E-state index in [-0.39, 0.29) is 0 Å². The molecule has 50 heavy (non-hydrogen) atoms. The summed E-state index contributed by atoms with van der Waals surface area (Å²) in [6.45, 7) is 0. The number of furan rings is 1. The average Bonchev–Trinajstić information content (AvgIpc) is 3.71. The summed E-state index contributed by atoms with van der Waals surface area (Å²) >= 11 is 0. The van der Waals surface area contributed by atoms with E-state index in [2.05, 4.69) is 95.6 Å². The Bertz CT molecular complexity index is 2990. The maximum absolute atomic E-state index is 10.8. The lowest BCUT2D eigenvalue weighted by Gasteiger charge is -2.13. The quantitative estimate of drug-likeness (QED) is 0.192. The van der Waals surface area contributed by atoms with Crippen LogP contribution in [0.15, 0.2) is 162 Å². The molecule has 0 radical (unpaired) electrons. The van der Waals surface area contributed by atoms with Crippen LogP contribution in [0, 0.1) is 11.3 Å². The van der Waals surface area contributed by atoms with Crippen molar-refractivity contribution in [2.24, 2.45) is 0 Å². The maximum Gasteiger partial charge on any atom is 0.160 e. The highest BCUT2D eigenvalue weighted by Gasteiger charge is 2.22. The van der Waals surface area contributed by atoms with Crippen LogP contribution in [0.1, 0.15) is 5.56 Å². The minimum Gasteiger partial charge on any atom is -0.456 e. The first-order valence-electron chi connectivity index (χ1n) is 16.6. The van der Waals surface area contributed by atoms with E-state index >= 15 is 0 Å². The fourth-order valence-corrected chi connectivity index (χ4v) is 7.27. The summed E-state index contributed by atoms with van der Waals surface area (Å²) in [6.07, 6.45) is 0. The van der Waals surface area contributed by atoms with Gasteiger partial charge in [-0.05, 0) is 53.2 Å². The summed E-state index contributed by atoms with van der Waals surface area (Å²) in [5.41, 5.74) is 9.09. The molecule has 3 heterocycles. The zero-order chi connectivity index (χ0) is 33.2. The Morgan fingerprint density at radius 1 is 0.480 bits per heavy atom. The number of nitriles is 1. The van der Waals surface area contributed by atoms with Crippen molar-refractivity contribution in [1.29, 1.82) is 5.26 Å². The number of para-hydroxylation sites is 2. The van der Waals surface area contributed by atoms with E-state index in [0.717, 1.165) is 76.9 Å². The molecule has 0 atom stereocenters. The maximum atomic E-state index is 10.8. The standard InChI is InChI=1S/C45H26N4O/c46-27-38-43(31-20-19-28-11-7-8-14-30(28)23-31)47-45(29-12-3-1-4-13-29)48-44(38)32-21-22-34-36-26-42-37(35-17-9-10-18-41(35)50-42)25-40(36)49(39(34)24-32)33-15-5-2-6-16-33/h1-26H. The molecule has 0 bridgehead atoms. The number of rotatable bonds is 4. The van der Waals surface area contributed by atoms with Gasteiger partial charge in [0.05, 0.1) is 22.4 Å². The highest BCUT2D eigenvalue weighted by atomic mass is 16.3. The molecule has 10 aromatic rings. The summed E-state index contributed by atoms with van der Waals surface area (Å²) in [4.78, 5) is 10.1. The molecule has 0 aliphatic carbocycles. The number of fused-ring (bicyclic) bond motifs is 7. The smallest absolute Gasteiger partial charge is 0.160 e. The third-order valence-corrected chi connectivity index (χ3v) is 9.63. The zero-order valence-corrected chi connectivity index (χ0v) is 26.7. The molecular formula is C45H26N4O. The molecule has 5 heteroatoms. The van der Waals surface area contributed by atoms with E-state index in [9.17, 15) is 5.26 Å². The van der Waals surface area contributed by atoms with Gasteiger partial charge in [-0.2, -0.15) is 5.26 Å². The summed E-state index contributed by atoms with van der Waals surface area (Å²) in [5.74, 6) is 0.568. The molecule has 0 aliphatic rings. The van der Waals surface area contributed by atoms with Crippen molar-refractivity contribution in [1.82, 2.24) is 14.5 Å². The molecule has 3 aromatic heterocycles. The third kappa shape index (κ3) is 4.33. The van der Waals surface area contributed by atoms with Crippen LogP contribution in [-0.2, 0) is 0 Å². The second-order valence-electron chi connectivity index (χ2n) is 12.5. The van der Waals surface area contributed by atoms with Crippen LogP contribution < -0.4 is 0 Å². The Morgan fingerprint density at radius 3 is 1.94 bits per heavy atom. The van der Waals surface area contributed by atoms with Crippen LogP contribution in [0.2, 0.25) is 0 Å². The Kier molecular flexibility index (Phi) is 6.17. The highest BCUT2D eigenvalue weighted by Crippen LogP contribution is 2.41. The number of aromatic nitrogens is 3. The molecule has 0 fully saturated rings. The summed E-state index contributed by atoms with van der Waals surface area (Å²) in [5, 5.41) is 17.3. The van der Waals surface area contributed by atoms with Gasteiger partial charge in [0.1, 0.15) is 22.8 Å². The van der Waals surface area contributed by atoms with Gasteiger partial charge in [0.25, 0.3) is 0 Å². The first-order chi connectivity index (χ1) is 24.7. The summed E-state index contributed by atoms with van der Waals surface area (Å²) in [7, 11) is 0. The normalized spacial score (nSPS) is 11.6. The Morgan fingerprint density at radius 2 is 1.14 bits per heavy atom. The van der Waals surface area contributed by atoms with Crippen molar-refractivity contribution >= 4 is 54.5 Å². The molecule has 0 N–H and O–H groups in total. The molecule has 10 rings (SSSR count). The van der Waals surface area contributed by atoms with Gasteiger partial charge in [0.15, 0.2) is 5.82 Å². The van der Waals surface area contributed by atoms with E-state index < -0.39 is 0 Å². The van der Waals surface area contributed by atoms with Gasteiger partial charge in [-0.3, -0.25) is 0 Å². The second-order valence-corrected chi connectivity index (χ2v) is 12.5. The molecule has 5 nitrogen and oxygen atoms in total. The van der Waals surface area contributed by atoms with Crippen LogP contribution in [-0.4, -0.2) is 14.5 Å². The number of nitrogens with zero attached hydrogens (tertiary/aromatic N) is 4. The number of benzene rings is 7. The fourth-order valence-electron chi connectivity index (χ4n) is 7.27. The Balaban J connectivity index is 1.27. The van der Waals surface area contributed by atoms with E-state index in [0.29, 0.717) is 22.8 Å². The van der Waals surface area contributed by atoms with Crippen molar-refractivity contribution < 1.29 is 4.42 Å². The molecule has 0 spiro atoms. The molecule has 7 aromatic carbocycles. The second kappa shape index (κ2) is 11.0. The van der Waals surface area contributed by atoms with Gasteiger partial charge in [0, 0.05) is 43.9 Å². The average molecular weight is 639 g/mol. The SMILES string of the molecule is N#Cc1c(-c2ccc3ccccc3c2)nc(-c2ccccc2)nc1-c1ccc2c3cc4oc5ccccc5c4cc3n(-c3ccccc3)c2c1. The van der Waals surface area contributed by atoms with Crippen LogP contribution in [0.4, 0.5) is 0 Å². The lowest BCUT2D eigenvalue weighted by Crippen LogP contribution is -2.01. The lowest BCUT2D eigenvalue weighted by atomic mass is 9.97. The summed E-state index contributed by atoms with van der Waals surface area (Å²) in [6, 6.07) is 56.2. The van der Waals surface area contributed by atoms with Crippen molar-refractivity contribution in [3.05, 3.63) is 163 Å². The largest absolute Gasteiger partial charge is 0.456 e. The van der Waals surface area contributed by atoms with Crippen LogP contribution in [0.5, 0.6) is 0 Å².